The molecule has 1 aliphatic carbocycles. The molecule has 0 unspecified atom stereocenters. The molecule has 3 N–H and O–H groups in total. The van der Waals surface area contributed by atoms with Crippen LogP contribution in [0.1, 0.15) is 25.7 Å². The first-order chi connectivity index (χ1) is 11.5. The fourth-order valence-electron chi connectivity index (χ4n) is 2.99. The van der Waals surface area contributed by atoms with Crippen molar-refractivity contribution in [3.63, 3.8) is 0 Å². The lowest BCUT2D eigenvalue weighted by molar-refractivity contribution is -0.142. The van der Waals surface area contributed by atoms with Crippen molar-refractivity contribution in [2.45, 2.75) is 31.7 Å². The number of fused-ring (bicyclic) bond motifs is 1. The van der Waals surface area contributed by atoms with E-state index in [1.54, 1.807) is 24.3 Å². The van der Waals surface area contributed by atoms with Gasteiger partial charge in [0.25, 0.3) is 0 Å². The monoisotopic (exact) mass is 330 g/mol. The van der Waals surface area contributed by atoms with Crippen LogP contribution in [0.2, 0.25) is 0 Å². The predicted octanol–water partition coefficient (Wildman–Crippen LogP) is 2.56. The van der Waals surface area contributed by atoms with Crippen LogP contribution in [-0.2, 0) is 4.79 Å². The highest BCUT2D eigenvalue weighted by Gasteiger charge is 2.26. The third-order valence-corrected chi connectivity index (χ3v) is 4.29. The van der Waals surface area contributed by atoms with Crippen LogP contribution >= 0.6 is 0 Å². The van der Waals surface area contributed by atoms with Crippen LogP contribution in [0.4, 0.5) is 10.5 Å². The molecule has 7 nitrogen and oxygen atoms in total. The normalized spacial score (nSPS) is 20.5. The van der Waals surface area contributed by atoms with Crippen LogP contribution in [0.3, 0.4) is 0 Å². The van der Waals surface area contributed by atoms with Gasteiger partial charge in [-0.25, -0.2) is 9.59 Å². The molecular weight excluding hydrogens is 312 g/mol. The summed E-state index contributed by atoms with van der Waals surface area (Å²) >= 11 is 0. The van der Waals surface area contributed by atoms with E-state index in [1.807, 2.05) is 0 Å². The van der Waals surface area contributed by atoms with E-state index < -0.39 is 11.6 Å². The largest absolute Gasteiger partial charge is 0.481 e. The van der Waals surface area contributed by atoms with Gasteiger partial charge in [0.2, 0.25) is 0 Å². The van der Waals surface area contributed by atoms with E-state index in [0.717, 1.165) is 5.39 Å². The lowest BCUT2D eigenvalue weighted by Crippen LogP contribution is -2.40. The molecule has 2 amide bonds. The first-order valence-corrected chi connectivity index (χ1v) is 7.85. The Bertz CT molecular complexity index is 821. The fourth-order valence-corrected chi connectivity index (χ4v) is 2.99. The van der Waals surface area contributed by atoms with E-state index in [4.69, 9.17) is 9.52 Å². The minimum Gasteiger partial charge on any atom is -0.481 e. The van der Waals surface area contributed by atoms with Crippen molar-refractivity contribution in [3.8, 4) is 0 Å². The molecule has 7 heteroatoms. The molecule has 1 aliphatic rings. The Morgan fingerprint density at radius 2 is 1.83 bits per heavy atom. The summed E-state index contributed by atoms with van der Waals surface area (Å²) in [5.41, 5.74) is 0.631. The standard InChI is InChI=1S/C17H18N2O5/c20-15-8-3-11-9-13(6-7-14(11)24-15)19-17(23)18-12-4-1-10(2-5-12)16(21)22/h3,6-10,12H,1-2,4-5H2,(H,21,22)(H2,18,19,23). The second kappa shape index (κ2) is 6.74. The van der Waals surface area contributed by atoms with Crippen molar-refractivity contribution in [3.05, 3.63) is 40.8 Å². The summed E-state index contributed by atoms with van der Waals surface area (Å²) in [5, 5.41) is 15.3. The number of carbonyl (C=O) groups is 2. The molecule has 0 atom stereocenters. The van der Waals surface area contributed by atoms with E-state index in [0.29, 0.717) is 37.0 Å². The second-order valence-corrected chi connectivity index (χ2v) is 5.99. The van der Waals surface area contributed by atoms with E-state index >= 15 is 0 Å². The maximum atomic E-state index is 12.1. The Labute approximate surface area is 137 Å². The molecule has 2 aromatic rings. The topological polar surface area (TPSA) is 109 Å². The fraction of sp³-hybridized carbons (Fsp3) is 0.353. The first kappa shape index (κ1) is 16.0. The maximum absolute atomic E-state index is 12.1. The molecule has 1 saturated carbocycles. The summed E-state index contributed by atoms with van der Waals surface area (Å²) in [4.78, 5) is 34.1. The van der Waals surface area contributed by atoms with Crippen molar-refractivity contribution < 1.29 is 19.1 Å². The summed E-state index contributed by atoms with van der Waals surface area (Å²) in [5.74, 6) is -1.07. The zero-order valence-electron chi connectivity index (χ0n) is 13.0. The van der Waals surface area contributed by atoms with Gasteiger partial charge in [-0.1, -0.05) is 0 Å². The summed E-state index contributed by atoms with van der Waals surface area (Å²) < 4.78 is 5.04. The summed E-state index contributed by atoms with van der Waals surface area (Å²) in [6.45, 7) is 0. The smallest absolute Gasteiger partial charge is 0.336 e. The number of carbonyl (C=O) groups excluding carboxylic acids is 1. The Kier molecular flexibility index (Phi) is 4.50. The number of hydrogen-bond acceptors (Lipinski definition) is 4. The molecule has 0 bridgehead atoms. The van der Waals surface area contributed by atoms with Crippen LogP contribution in [0.15, 0.2) is 39.5 Å². The molecule has 126 valence electrons. The Balaban J connectivity index is 1.58. The molecule has 0 spiro atoms. The molecule has 1 fully saturated rings. The van der Waals surface area contributed by atoms with Gasteiger partial charge in [0, 0.05) is 23.2 Å². The van der Waals surface area contributed by atoms with Crippen molar-refractivity contribution in [2.24, 2.45) is 5.92 Å². The average molecular weight is 330 g/mol. The molecule has 3 rings (SSSR count). The van der Waals surface area contributed by atoms with Gasteiger partial charge in [-0.05, 0) is 49.9 Å². The SMILES string of the molecule is O=C(Nc1ccc2oc(=O)ccc2c1)NC1CCC(C(=O)O)CC1. The van der Waals surface area contributed by atoms with E-state index in [2.05, 4.69) is 10.6 Å². The number of rotatable bonds is 3. The van der Waals surface area contributed by atoms with Gasteiger partial charge in [-0.3, -0.25) is 4.79 Å². The maximum Gasteiger partial charge on any atom is 0.336 e. The number of aliphatic carboxylic acids is 1. The Morgan fingerprint density at radius 3 is 2.54 bits per heavy atom. The summed E-state index contributed by atoms with van der Waals surface area (Å²) in [6, 6.07) is 7.63. The molecular formula is C17H18N2O5. The number of nitrogens with one attached hydrogen (secondary N) is 2. The van der Waals surface area contributed by atoms with Gasteiger partial charge in [0.05, 0.1) is 5.92 Å². The molecule has 24 heavy (non-hydrogen) atoms. The highest BCUT2D eigenvalue weighted by molar-refractivity contribution is 5.92. The van der Waals surface area contributed by atoms with Gasteiger partial charge < -0.3 is 20.2 Å². The number of anilines is 1. The number of hydrogen-bond donors (Lipinski definition) is 3. The Morgan fingerprint density at radius 1 is 1.08 bits per heavy atom. The summed E-state index contributed by atoms with van der Waals surface area (Å²) in [6.07, 6.45) is 2.48. The van der Waals surface area contributed by atoms with Crippen molar-refractivity contribution in [1.82, 2.24) is 5.32 Å². The predicted molar refractivity (Wildman–Crippen MR) is 88.0 cm³/mol. The zero-order valence-corrected chi connectivity index (χ0v) is 13.0. The highest BCUT2D eigenvalue weighted by Crippen LogP contribution is 2.24. The Hall–Kier alpha value is -2.83. The number of amides is 2. The van der Waals surface area contributed by atoms with Gasteiger partial charge in [0.1, 0.15) is 5.58 Å². The second-order valence-electron chi connectivity index (χ2n) is 5.99. The van der Waals surface area contributed by atoms with Crippen LogP contribution in [0.5, 0.6) is 0 Å². The number of carboxylic acid groups (broad SMARTS) is 1. The van der Waals surface area contributed by atoms with Crippen LogP contribution in [0, 0.1) is 5.92 Å². The van der Waals surface area contributed by atoms with E-state index in [-0.39, 0.29) is 18.0 Å². The van der Waals surface area contributed by atoms with Crippen LogP contribution in [0.25, 0.3) is 11.0 Å². The molecule has 0 radical (unpaired) electrons. The lowest BCUT2D eigenvalue weighted by atomic mass is 9.86. The van der Waals surface area contributed by atoms with Crippen molar-refractivity contribution in [1.29, 1.82) is 0 Å². The van der Waals surface area contributed by atoms with Crippen molar-refractivity contribution in [2.75, 3.05) is 5.32 Å². The minimum atomic E-state index is -0.763. The summed E-state index contributed by atoms with van der Waals surface area (Å²) in [7, 11) is 0. The molecule has 1 aromatic heterocycles. The van der Waals surface area contributed by atoms with E-state index in [9.17, 15) is 14.4 Å². The molecule has 0 aliphatic heterocycles. The quantitative estimate of drug-likeness (QED) is 0.749. The number of benzene rings is 1. The third kappa shape index (κ3) is 3.73. The molecule has 0 saturated heterocycles. The van der Waals surface area contributed by atoms with Gasteiger partial charge in [-0.15, -0.1) is 0 Å². The first-order valence-electron chi connectivity index (χ1n) is 7.85. The van der Waals surface area contributed by atoms with Gasteiger partial charge >= 0.3 is 17.6 Å². The van der Waals surface area contributed by atoms with Gasteiger partial charge in [-0.2, -0.15) is 0 Å². The third-order valence-electron chi connectivity index (χ3n) is 4.29. The minimum absolute atomic E-state index is 0.0147. The lowest BCUT2D eigenvalue weighted by Gasteiger charge is -2.26. The number of carboxylic acids is 1. The average Bonchev–Trinajstić information content (AvgIpc) is 2.55. The molecule has 1 aromatic carbocycles. The zero-order chi connectivity index (χ0) is 17.1. The molecule has 1 heterocycles. The van der Waals surface area contributed by atoms with Crippen LogP contribution in [-0.4, -0.2) is 23.1 Å². The highest BCUT2D eigenvalue weighted by atomic mass is 16.4. The van der Waals surface area contributed by atoms with Gasteiger partial charge in [0.15, 0.2) is 0 Å². The van der Waals surface area contributed by atoms with Crippen LogP contribution < -0.4 is 16.3 Å². The number of urea groups is 1. The van der Waals surface area contributed by atoms with Crippen molar-refractivity contribution >= 4 is 28.7 Å². The van der Waals surface area contributed by atoms with E-state index in [1.165, 1.54) is 6.07 Å².